The highest BCUT2D eigenvalue weighted by molar-refractivity contribution is 6.61. The number of hydrogen-bond acceptors (Lipinski definition) is 15. The molecule has 0 aliphatic carbocycles. The van der Waals surface area contributed by atoms with Gasteiger partial charge in [-0.25, -0.2) is 27.2 Å². The minimum atomic E-state index is -1.20. The standard InChI is InChI=1S/C25H26F2N2O7.C21H20F2N2O5.C6H15N.C4H7ClO2/c1-13(2)35-24(33)36-21-19-22(31)25(3)7-4-8-34-18(25)12-29(19)11-16(20(21)30)23(32)28-10-14-5-6-15(26)9-17(14)27;1-21-5-2-6-30-15(21)10-25-9-13(17(26)18(27)16(25)19(21)28)20(29)24-8-11-3-4-12(22)7-14(11)23;1-4-7(5-2)6-3;1-3(2)7-4(5)6/h5-6,9,11,13,18H,4,7-8,10,12H2,1-3H3,(H,28,32);3-4,7,9,15,27H,2,5-6,8,10H2,1H3,(H,24,29);4-6H2,1-3H3;3H,1-2H3/t18-,25-;15-,21-;;/m00../s1. The quantitative estimate of drug-likeness (QED) is 0.0683. The van der Waals surface area contributed by atoms with Gasteiger partial charge in [0, 0.05) is 73.6 Å². The fourth-order valence-corrected chi connectivity index (χ4v) is 9.62. The van der Waals surface area contributed by atoms with Crippen LogP contribution in [0.15, 0.2) is 58.4 Å². The minimum absolute atomic E-state index is 0.00125. The van der Waals surface area contributed by atoms with Crippen molar-refractivity contribution in [2.75, 3.05) is 32.8 Å². The number of halogens is 5. The summed E-state index contributed by atoms with van der Waals surface area (Å²) in [7, 11) is 0. The summed E-state index contributed by atoms with van der Waals surface area (Å²) < 4.78 is 82.8. The maximum Gasteiger partial charge on any atom is 0.514 e. The van der Waals surface area contributed by atoms with Crippen molar-refractivity contribution >= 4 is 46.6 Å². The molecule has 2 aromatic heterocycles. The van der Waals surface area contributed by atoms with Crippen LogP contribution in [0.1, 0.15) is 141 Å². The van der Waals surface area contributed by atoms with E-state index in [9.17, 15) is 61.0 Å². The molecule has 0 saturated carbocycles. The number of amides is 2. The van der Waals surface area contributed by atoms with E-state index < -0.39 is 115 Å². The van der Waals surface area contributed by atoms with E-state index in [1.165, 1.54) is 53.3 Å². The first-order chi connectivity index (χ1) is 37.7. The smallest absolute Gasteiger partial charge is 0.503 e. The molecule has 2 amide bonds. The highest BCUT2D eigenvalue weighted by Gasteiger charge is 2.51. The van der Waals surface area contributed by atoms with Gasteiger partial charge in [-0.15, -0.1) is 0 Å². The van der Waals surface area contributed by atoms with E-state index in [-0.39, 0.29) is 60.4 Å². The Balaban J connectivity index is 0.000000240. The summed E-state index contributed by atoms with van der Waals surface area (Å²) in [6, 6.07) is 5.81. The molecule has 4 aliphatic heterocycles. The summed E-state index contributed by atoms with van der Waals surface area (Å²) in [6.07, 6.45) is 2.05. The van der Waals surface area contributed by atoms with Gasteiger partial charge in [-0.2, -0.15) is 0 Å². The topological polar surface area (TPSA) is 240 Å². The lowest BCUT2D eigenvalue weighted by atomic mass is 9.71. The van der Waals surface area contributed by atoms with E-state index in [0.29, 0.717) is 51.0 Å². The average molecular weight is 1150 g/mol. The normalized spacial score (nSPS) is 19.7. The van der Waals surface area contributed by atoms with Crippen molar-refractivity contribution in [3.05, 3.63) is 126 Å². The number of carbonyl (C=O) groups excluding carboxylic acids is 6. The van der Waals surface area contributed by atoms with Crippen LogP contribution in [0.25, 0.3) is 0 Å². The Kier molecular flexibility index (Phi) is 22.3. The molecule has 2 aromatic carbocycles. The second kappa shape index (κ2) is 28.0. The van der Waals surface area contributed by atoms with E-state index >= 15 is 0 Å². The molecular weight excluding hydrogens is 1080 g/mol. The summed E-state index contributed by atoms with van der Waals surface area (Å²) in [4.78, 5) is 102. The molecule has 4 aliphatic rings. The molecule has 80 heavy (non-hydrogen) atoms. The van der Waals surface area contributed by atoms with Crippen LogP contribution >= 0.6 is 11.6 Å². The van der Waals surface area contributed by atoms with Gasteiger partial charge in [0.25, 0.3) is 11.8 Å². The molecule has 0 unspecified atom stereocenters. The van der Waals surface area contributed by atoms with Crippen LogP contribution in [-0.4, -0.2) is 111 Å². The van der Waals surface area contributed by atoms with Crippen LogP contribution in [0.5, 0.6) is 11.5 Å². The highest BCUT2D eigenvalue weighted by atomic mass is 35.5. The third-order valence-electron chi connectivity index (χ3n) is 14.0. The molecule has 4 aromatic rings. The minimum Gasteiger partial charge on any atom is -0.503 e. The molecule has 0 bridgehead atoms. The van der Waals surface area contributed by atoms with Crippen molar-refractivity contribution in [2.24, 2.45) is 10.8 Å². The monoisotopic (exact) mass is 1150 g/mol. The Bertz CT molecular complexity index is 3070. The van der Waals surface area contributed by atoms with Crippen LogP contribution in [0, 0.1) is 34.1 Å². The second-order valence-corrected chi connectivity index (χ2v) is 20.5. The first-order valence-electron chi connectivity index (χ1n) is 26.2. The van der Waals surface area contributed by atoms with E-state index in [1.807, 2.05) is 0 Å². The fraction of sp³-hybridized carbons (Fsp3) is 0.500. The molecule has 3 N–H and O–H groups in total. The summed E-state index contributed by atoms with van der Waals surface area (Å²) in [6.45, 7) is 21.0. The maximum absolute atomic E-state index is 14.0. The molecule has 436 valence electrons. The molecule has 19 nitrogen and oxygen atoms in total. The number of rotatable bonds is 12. The fourth-order valence-electron chi connectivity index (χ4n) is 9.44. The molecule has 0 spiro atoms. The van der Waals surface area contributed by atoms with Crippen molar-refractivity contribution in [1.82, 2.24) is 24.7 Å². The molecule has 0 radical (unpaired) electrons. The van der Waals surface area contributed by atoms with Gasteiger partial charge in [0.2, 0.25) is 16.6 Å². The number of aromatic nitrogens is 2. The van der Waals surface area contributed by atoms with E-state index in [4.69, 9.17) is 30.5 Å². The number of carbonyl (C=O) groups is 6. The van der Waals surface area contributed by atoms with Gasteiger partial charge < -0.3 is 53.5 Å². The van der Waals surface area contributed by atoms with Gasteiger partial charge in [-0.3, -0.25) is 28.8 Å². The lowest BCUT2D eigenvalue weighted by Gasteiger charge is -2.44. The number of nitrogens with one attached hydrogen (secondary N) is 2. The number of benzene rings is 2. The average Bonchev–Trinajstić information content (AvgIpc) is 3.47. The Morgan fingerprint density at radius 1 is 0.700 bits per heavy atom. The summed E-state index contributed by atoms with van der Waals surface area (Å²) in [5.41, 5.74) is -5.55. The maximum atomic E-state index is 14.0. The van der Waals surface area contributed by atoms with Gasteiger partial charge in [0.05, 0.1) is 48.3 Å². The van der Waals surface area contributed by atoms with Crippen molar-refractivity contribution in [1.29, 1.82) is 0 Å². The van der Waals surface area contributed by atoms with Crippen molar-refractivity contribution < 1.29 is 75.1 Å². The lowest BCUT2D eigenvalue weighted by molar-refractivity contribution is -0.0742. The van der Waals surface area contributed by atoms with Crippen LogP contribution < -0.4 is 26.2 Å². The van der Waals surface area contributed by atoms with Gasteiger partial charge in [0.15, 0.2) is 17.3 Å². The molecular formula is C56H68ClF4N5O14. The third-order valence-corrected chi connectivity index (χ3v) is 14.1. The number of fused-ring (bicyclic) bond motifs is 4. The molecule has 6 heterocycles. The van der Waals surface area contributed by atoms with Gasteiger partial charge >= 0.3 is 11.6 Å². The van der Waals surface area contributed by atoms with E-state index in [2.05, 4.69) is 41.0 Å². The Morgan fingerprint density at radius 2 is 1.12 bits per heavy atom. The predicted octanol–water partition coefficient (Wildman–Crippen LogP) is 8.62. The van der Waals surface area contributed by atoms with Gasteiger partial charge in [-0.1, -0.05) is 32.9 Å². The number of Topliss-reactive ketones (excluding diaryl/α,β-unsaturated/α-hetero) is 2. The molecule has 8 rings (SSSR count). The zero-order valence-electron chi connectivity index (χ0n) is 46.1. The van der Waals surface area contributed by atoms with Gasteiger partial charge in [0.1, 0.15) is 45.8 Å². The highest BCUT2D eigenvalue weighted by Crippen LogP contribution is 2.44. The van der Waals surface area contributed by atoms with Gasteiger partial charge in [-0.05, 0) is 99.0 Å². The van der Waals surface area contributed by atoms with E-state index in [1.54, 1.807) is 41.5 Å². The molecule has 2 fully saturated rings. The van der Waals surface area contributed by atoms with E-state index in [0.717, 1.165) is 12.1 Å². The molecule has 2 saturated heterocycles. The Labute approximate surface area is 464 Å². The first kappa shape index (κ1) is 63.9. The number of aromatic hydroxyl groups is 1. The lowest BCUT2D eigenvalue weighted by Crippen LogP contribution is -2.52. The predicted molar refractivity (Wildman–Crippen MR) is 284 cm³/mol. The summed E-state index contributed by atoms with van der Waals surface area (Å²) in [5.74, 6) is -7.20. The SMILES string of the molecule is CC(C)OC(=O)Cl.CC(C)OC(=O)Oc1c2n(cc(C(=O)NCc3ccc(F)cc3F)c1=O)C[C@@H]1OCCC[C@]1(C)C2=O.CCN(CC)CC.C[C@]12CCCO[C@H]1Cn1cc(C(=O)NCc3ccc(F)cc3F)c(=O)c(O)c1C2=O. The second-order valence-electron chi connectivity index (χ2n) is 20.2. The summed E-state index contributed by atoms with van der Waals surface area (Å²) in [5, 5.41) is 15.2. The van der Waals surface area contributed by atoms with Crippen LogP contribution in [0.2, 0.25) is 0 Å². The van der Waals surface area contributed by atoms with Crippen molar-refractivity contribution in [3.63, 3.8) is 0 Å². The number of ether oxygens (including phenoxy) is 5. The van der Waals surface area contributed by atoms with Crippen molar-refractivity contribution in [2.45, 2.75) is 139 Å². The van der Waals surface area contributed by atoms with Crippen LogP contribution in [0.4, 0.5) is 27.2 Å². The molecule has 4 atom stereocenters. The first-order valence-corrected chi connectivity index (χ1v) is 26.6. The van der Waals surface area contributed by atoms with Crippen LogP contribution in [-0.2, 0) is 45.1 Å². The summed E-state index contributed by atoms with van der Waals surface area (Å²) >= 11 is 4.81. The van der Waals surface area contributed by atoms with Crippen molar-refractivity contribution in [3.8, 4) is 11.5 Å². The number of hydrogen-bond donors (Lipinski definition) is 3. The number of pyridine rings is 2. The van der Waals surface area contributed by atoms with Crippen LogP contribution in [0.3, 0.4) is 0 Å². The zero-order valence-corrected chi connectivity index (χ0v) is 46.9. The largest absolute Gasteiger partial charge is 0.514 e. The number of nitrogens with zero attached hydrogens (tertiary/aromatic N) is 3. The Morgan fingerprint density at radius 3 is 1.51 bits per heavy atom. The Hall–Kier alpha value is -6.95. The molecule has 24 heteroatoms. The number of ketones is 2. The third kappa shape index (κ3) is 15.3. The zero-order chi connectivity index (χ0) is 59.4.